The first-order valence-corrected chi connectivity index (χ1v) is 13.3. The molecule has 0 radical (unpaired) electrons. The van der Waals surface area contributed by atoms with E-state index in [1.165, 1.54) is 7.05 Å². The monoisotopic (exact) mass is 508 g/mol. The van der Waals surface area contributed by atoms with E-state index in [4.69, 9.17) is 4.74 Å². The standard InChI is InChI=1S/C26H28N4O5S/c1-27-24(33)28-16-4-5-19-15(10-16)6-8-26(19)23(32)30(25(34)29-26)12-20(31)17-11-22-21(7-9-36-22)35-13-18(17)14-2-3-14/h4-5,7,9-10,14,17-18H,2-3,6,8,11-13H2,1H3,(H,29,34)(H2,27,28,33)/t17?,18-,26-/m0/s1. The van der Waals surface area contributed by atoms with E-state index in [9.17, 15) is 19.2 Å². The Bertz CT molecular complexity index is 1270. The number of urea groups is 2. The van der Waals surface area contributed by atoms with E-state index in [0.717, 1.165) is 39.5 Å². The number of benzene rings is 1. The van der Waals surface area contributed by atoms with Crippen LogP contribution in [0.5, 0.6) is 5.75 Å². The van der Waals surface area contributed by atoms with Gasteiger partial charge in [0.05, 0.1) is 13.2 Å². The van der Waals surface area contributed by atoms with E-state index in [1.54, 1.807) is 23.5 Å². The molecule has 1 unspecified atom stereocenters. The first kappa shape index (κ1) is 23.0. The largest absolute Gasteiger partial charge is 0.492 e. The summed E-state index contributed by atoms with van der Waals surface area (Å²) in [5, 5.41) is 10.1. The zero-order valence-corrected chi connectivity index (χ0v) is 20.8. The Kier molecular flexibility index (Phi) is 5.51. The van der Waals surface area contributed by atoms with Crippen molar-refractivity contribution in [1.29, 1.82) is 0 Å². The Labute approximate surface area is 212 Å². The SMILES string of the molecule is CNC(=O)Nc1ccc2c(c1)CC[C@]21NC(=O)N(CC(=O)C2Cc3sccc3OC[C@H]2C2CC2)C1=O. The zero-order valence-electron chi connectivity index (χ0n) is 20.0. The minimum Gasteiger partial charge on any atom is -0.492 e. The molecule has 3 atom stereocenters. The van der Waals surface area contributed by atoms with Gasteiger partial charge in [0.15, 0.2) is 5.78 Å². The average Bonchev–Trinajstić information content (AvgIpc) is 3.50. The highest BCUT2D eigenvalue weighted by atomic mass is 32.1. The summed E-state index contributed by atoms with van der Waals surface area (Å²) in [5.74, 6) is 0.676. The summed E-state index contributed by atoms with van der Waals surface area (Å²) in [5.41, 5.74) is 1.07. The van der Waals surface area contributed by atoms with E-state index < -0.39 is 11.6 Å². The topological polar surface area (TPSA) is 117 Å². The molecule has 5 amide bonds. The Morgan fingerprint density at radius 2 is 2.08 bits per heavy atom. The number of amides is 5. The van der Waals surface area contributed by atoms with Gasteiger partial charge in [0, 0.05) is 29.4 Å². The van der Waals surface area contributed by atoms with Crippen LogP contribution in [-0.2, 0) is 28.0 Å². The fraction of sp³-hybridized carbons (Fsp3) is 0.462. The lowest BCUT2D eigenvalue weighted by atomic mass is 9.82. The number of nitrogens with zero attached hydrogens (tertiary/aromatic N) is 1. The van der Waals surface area contributed by atoms with Gasteiger partial charge in [-0.15, -0.1) is 11.3 Å². The molecular formula is C26H28N4O5S. The molecular weight excluding hydrogens is 480 g/mol. The maximum Gasteiger partial charge on any atom is 0.325 e. The maximum absolute atomic E-state index is 13.7. The van der Waals surface area contributed by atoms with Gasteiger partial charge in [-0.25, -0.2) is 9.59 Å². The minimum absolute atomic E-state index is 0.0827. The van der Waals surface area contributed by atoms with Crippen LogP contribution in [0.1, 0.15) is 35.3 Å². The molecule has 1 saturated carbocycles. The van der Waals surface area contributed by atoms with Crippen LogP contribution in [0.3, 0.4) is 0 Å². The van der Waals surface area contributed by atoms with E-state index in [2.05, 4.69) is 16.0 Å². The molecule has 2 fully saturated rings. The van der Waals surface area contributed by atoms with E-state index in [0.29, 0.717) is 37.5 Å². The lowest BCUT2D eigenvalue weighted by molar-refractivity contribution is -0.136. The quantitative estimate of drug-likeness (QED) is 0.537. The number of imide groups is 1. The average molecular weight is 509 g/mol. The van der Waals surface area contributed by atoms with E-state index in [-0.39, 0.29) is 36.1 Å². The second-order valence-corrected chi connectivity index (χ2v) is 11.1. The molecule has 2 aromatic rings. The van der Waals surface area contributed by atoms with Crippen molar-refractivity contribution in [2.75, 3.05) is 25.5 Å². The molecule has 0 bridgehead atoms. The lowest BCUT2D eigenvalue weighted by Gasteiger charge is -2.25. The van der Waals surface area contributed by atoms with Crippen molar-refractivity contribution in [1.82, 2.24) is 15.5 Å². The number of ketones is 1. The highest BCUT2D eigenvalue weighted by Crippen LogP contribution is 2.46. The van der Waals surface area contributed by atoms with Gasteiger partial charge in [0.2, 0.25) is 0 Å². The van der Waals surface area contributed by atoms with E-state index >= 15 is 0 Å². The van der Waals surface area contributed by atoms with Gasteiger partial charge >= 0.3 is 12.1 Å². The summed E-state index contributed by atoms with van der Waals surface area (Å²) in [4.78, 5) is 54.1. The highest BCUT2D eigenvalue weighted by molar-refractivity contribution is 7.10. The van der Waals surface area contributed by atoms with Gasteiger partial charge in [-0.05, 0) is 72.7 Å². The first-order chi connectivity index (χ1) is 17.4. The number of nitrogens with one attached hydrogen (secondary N) is 3. The molecule has 4 aliphatic rings. The van der Waals surface area contributed by atoms with Gasteiger partial charge in [0.25, 0.3) is 5.91 Å². The summed E-state index contributed by atoms with van der Waals surface area (Å²) in [6, 6.07) is 6.42. The van der Waals surface area contributed by atoms with Crippen molar-refractivity contribution < 1.29 is 23.9 Å². The molecule has 36 heavy (non-hydrogen) atoms. The van der Waals surface area contributed by atoms with Crippen LogP contribution < -0.4 is 20.7 Å². The molecule has 1 aromatic heterocycles. The molecule has 9 nitrogen and oxygen atoms in total. The number of carbonyl (C=O) groups excluding carboxylic acids is 4. The number of rotatable bonds is 5. The smallest absolute Gasteiger partial charge is 0.325 e. The number of hydrogen-bond donors (Lipinski definition) is 3. The molecule has 3 heterocycles. The second kappa shape index (κ2) is 8.62. The molecule has 1 saturated heterocycles. The van der Waals surface area contributed by atoms with Crippen LogP contribution in [0.4, 0.5) is 15.3 Å². The van der Waals surface area contributed by atoms with Crippen molar-refractivity contribution in [2.24, 2.45) is 17.8 Å². The Morgan fingerprint density at radius 3 is 2.86 bits per heavy atom. The summed E-state index contributed by atoms with van der Waals surface area (Å²) in [7, 11) is 1.54. The lowest BCUT2D eigenvalue weighted by Crippen LogP contribution is -2.43. The van der Waals surface area contributed by atoms with Crippen molar-refractivity contribution in [3.8, 4) is 5.75 Å². The molecule has 1 spiro atoms. The van der Waals surface area contributed by atoms with Crippen molar-refractivity contribution in [2.45, 2.75) is 37.6 Å². The number of fused-ring (bicyclic) bond motifs is 3. The van der Waals surface area contributed by atoms with Crippen molar-refractivity contribution >= 4 is 40.8 Å². The fourth-order valence-electron chi connectivity index (χ4n) is 5.94. The Hall–Kier alpha value is -3.40. The highest BCUT2D eigenvalue weighted by Gasteiger charge is 2.56. The minimum atomic E-state index is -1.17. The van der Waals surface area contributed by atoms with Gasteiger partial charge in [0.1, 0.15) is 11.3 Å². The Balaban J connectivity index is 1.22. The number of thiophene rings is 1. The molecule has 3 N–H and O–H groups in total. The van der Waals surface area contributed by atoms with Crippen LogP contribution in [0, 0.1) is 17.8 Å². The van der Waals surface area contributed by atoms with Crippen LogP contribution in [0.15, 0.2) is 29.6 Å². The summed E-state index contributed by atoms with van der Waals surface area (Å²) in [6.07, 6.45) is 3.76. The van der Waals surface area contributed by atoms with E-state index in [1.807, 2.05) is 17.5 Å². The number of carbonyl (C=O) groups is 4. The molecule has 2 aliphatic heterocycles. The number of anilines is 1. The molecule has 1 aromatic carbocycles. The Morgan fingerprint density at radius 1 is 1.25 bits per heavy atom. The van der Waals surface area contributed by atoms with Crippen LogP contribution >= 0.6 is 11.3 Å². The maximum atomic E-state index is 13.7. The van der Waals surface area contributed by atoms with Crippen LogP contribution in [0.2, 0.25) is 0 Å². The van der Waals surface area contributed by atoms with Crippen molar-refractivity contribution in [3.05, 3.63) is 45.6 Å². The third-order valence-electron chi connectivity index (χ3n) is 8.01. The molecule has 2 aliphatic carbocycles. The van der Waals surface area contributed by atoms with Gasteiger partial charge in [-0.1, -0.05) is 6.07 Å². The summed E-state index contributed by atoms with van der Waals surface area (Å²) < 4.78 is 6.02. The number of ether oxygens (including phenoxy) is 1. The number of aryl methyl sites for hydroxylation is 1. The predicted molar refractivity (Wildman–Crippen MR) is 133 cm³/mol. The van der Waals surface area contributed by atoms with Crippen LogP contribution in [-0.4, -0.2) is 48.9 Å². The number of hydrogen-bond acceptors (Lipinski definition) is 6. The third kappa shape index (κ3) is 3.75. The van der Waals surface area contributed by atoms with Crippen LogP contribution in [0.25, 0.3) is 0 Å². The van der Waals surface area contributed by atoms with Crippen molar-refractivity contribution in [3.63, 3.8) is 0 Å². The number of Topliss-reactive ketones (excluding diaryl/α,β-unsaturated/α-hetero) is 1. The fourth-order valence-corrected chi connectivity index (χ4v) is 6.82. The normalized spacial score (nSPS) is 26.6. The first-order valence-electron chi connectivity index (χ1n) is 12.4. The third-order valence-corrected chi connectivity index (χ3v) is 8.93. The summed E-state index contributed by atoms with van der Waals surface area (Å²) >= 11 is 1.58. The molecule has 188 valence electrons. The zero-order chi connectivity index (χ0) is 25.0. The molecule has 10 heteroatoms. The molecule has 6 rings (SSSR count). The van der Waals surface area contributed by atoms with Gasteiger partial charge in [-0.2, -0.15) is 0 Å². The van der Waals surface area contributed by atoms with Gasteiger partial charge in [-0.3, -0.25) is 14.5 Å². The second-order valence-electron chi connectivity index (χ2n) is 10.1. The predicted octanol–water partition coefficient (Wildman–Crippen LogP) is 3.04. The van der Waals surface area contributed by atoms with Gasteiger partial charge < -0.3 is 20.7 Å². The summed E-state index contributed by atoms with van der Waals surface area (Å²) in [6.45, 7) is 0.265.